The highest BCUT2D eigenvalue weighted by atomic mass is 127. The Morgan fingerprint density at radius 2 is 2.00 bits per heavy atom. The number of aliphatic imine (C=N–C) groups is 1. The zero-order valence-electron chi connectivity index (χ0n) is 7.19. The molecule has 0 aliphatic heterocycles. The Bertz CT molecular complexity index is 118. The molecule has 0 aliphatic rings. The SMILES string of the molecule is CCC(=NC)[C@H](C)[C@H](C)I. The van der Waals surface area contributed by atoms with E-state index in [1.807, 2.05) is 7.05 Å². The summed E-state index contributed by atoms with van der Waals surface area (Å²) in [4.78, 5) is 4.24. The molecule has 1 nitrogen and oxygen atoms in total. The topological polar surface area (TPSA) is 12.4 Å². The standard InChI is InChI=1S/C8H16IN/c1-5-8(10-4)6(2)7(3)9/h6-7H,5H2,1-4H3/t6-,7+/m1/s1. The van der Waals surface area contributed by atoms with Crippen LogP contribution in [0.15, 0.2) is 4.99 Å². The molecule has 0 bridgehead atoms. The van der Waals surface area contributed by atoms with E-state index in [4.69, 9.17) is 0 Å². The lowest BCUT2D eigenvalue weighted by atomic mass is 10.0. The largest absolute Gasteiger partial charge is 0.297 e. The van der Waals surface area contributed by atoms with Crippen molar-refractivity contribution in [1.82, 2.24) is 0 Å². The van der Waals surface area contributed by atoms with Crippen LogP contribution in [0.25, 0.3) is 0 Å². The summed E-state index contributed by atoms with van der Waals surface area (Å²) in [7, 11) is 1.88. The van der Waals surface area contributed by atoms with E-state index in [9.17, 15) is 0 Å². The fourth-order valence-corrected chi connectivity index (χ4v) is 1.36. The lowest BCUT2D eigenvalue weighted by molar-refractivity contribution is 0.763. The van der Waals surface area contributed by atoms with Gasteiger partial charge in [-0.2, -0.15) is 0 Å². The van der Waals surface area contributed by atoms with Gasteiger partial charge in [-0.1, -0.05) is 43.4 Å². The number of halogens is 1. The average molecular weight is 253 g/mol. The molecular formula is C8H16IN. The van der Waals surface area contributed by atoms with Gasteiger partial charge in [-0.05, 0) is 6.42 Å². The molecule has 60 valence electrons. The first-order chi connectivity index (χ1) is 4.63. The molecule has 2 heteroatoms. The highest BCUT2D eigenvalue weighted by Crippen LogP contribution is 2.15. The van der Waals surface area contributed by atoms with Crippen LogP contribution >= 0.6 is 22.6 Å². The third-order valence-corrected chi connectivity index (χ3v) is 2.94. The molecule has 0 spiro atoms. The number of rotatable bonds is 3. The Morgan fingerprint density at radius 1 is 1.50 bits per heavy atom. The summed E-state index contributed by atoms with van der Waals surface area (Å²) in [5.41, 5.74) is 1.34. The summed E-state index contributed by atoms with van der Waals surface area (Å²) >= 11 is 2.45. The van der Waals surface area contributed by atoms with E-state index in [2.05, 4.69) is 48.4 Å². The number of nitrogens with zero attached hydrogens (tertiary/aromatic N) is 1. The molecule has 0 saturated heterocycles. The molecule has 0 heterocycles. The van der Waals surface area contributed by atoms with Gasteiger partial charge in [0.2, 0.25) is 0 Å². The maximum absolute atomic E-state index is 4.24. The van der Waals surface area contributed by atoms with E-state index in [1.165, 1.54) is 5.71 Å². The Labute approximate surface area is 77.5 Å². The van der Waals surface area contributed by atoms with Crippen molar-refractivity contribution in [3.8, 4) is 0 Å². The molecule has 0 radical (unpaired) electrons. The van der Waals surface area contributed by atoms with Crippen LogP contribution in [0.3, 0.4) is 0 Å². The molecule has 0 aromatic heterocycles. The molecular weight excluding hydrogens is 237 g/mol. The van der Waals surface area contributed by atoms with Crippen molar-refractivity contribution >= 4 is 28.3 Å². The first-order valence-corrected chi connectivity index (χ1v) is 4.97. The maximum atomic E-state index is 4.24. The van der Waals surface area contributed by atoms with Crippen molar-refractivity contribution in [1.29, 1.82) is 0 Å². The minimum Gasteiger partial charge on any atom is -0.297 e. The summed E-state index contributed by atoms with van der Waals surface area (Å²) in [6.45, 7) is 6.63. The fraction of sp³-hybridized carbons (Fsp3) is 0.875. The van der Waals surface area contributed by atoms with Crippen molar-refractivity contribution < 1.29 is 0 Å². The molecule has 0 saturated carbocycles. The Kier molecular flexibility index (Phi) is 5.31. The molecule has 0 unspecified atom stereocenters. The second-order valence-corrected chi connectivity index (χ2v) is 4.50. The van der Waals surface area contributed by atoms with Crippen molar-refractivity contribution in [2.45, 2.75) is 31.1 Å². The summed E-state index contributed by atoms with van der Waals surface area (Å²) in [5.74, 6) is 0.635. The lowest BCUT2D eigenvalue weighted by Gasteiger charge is -2.14. The smallest absolute Gasteiger partial charge is 0.0276 e. The van der Waals surface area contributed by atoms with Crippen LogP contribution in [0.1, 0.15) is 27.2 Å². The molecule has 0 aliphatic carbocycles. The number of alkyl halides is 1. The summed E-state index contributed by atoms with van der Waals surface area (Å²) in [5, 5.41) is 0. The van der Waals surface area contributed by atoms with E-state index in [0.29, 0.717) is 9.84 Å². The van der Waals surface area contributed by atoms with E-state index in [0.717, 1.165) is 6.42 Å². The molecule has 0 aromatic rings. The fourth-order valence-electron chi connectivity index (χ4n) is 0.949. The molecule has 2 atom stereocenters. The van der Waals surface area contributed by atoms with E-state index >= 15 is 0 Å². The molecule has 10 heavy (non-hydrogen) atoms. The minimum atomic E-state index is 0.635. The Balaban J connectivity index is 4.03. The highest BCUT2D eigenvalue weighted by molar-refractivity contribution is 14.1. The van der Waals surface area contributed by atoms with Crippen LogP contribution in [0.5, 0.6) is 0 Å². The summed E-state index contributed by atoms with van der Waals surface area (Å²) in [6.07, 6.45) is 1.09. The highest BCUT2D eigenvalue weighted by Gasteiger charge is 2.12. The van der Waals surface area contributed by atoms with Gasteiger partial charge in [0, 0.05) is 22.6 Å². The second-order valence-electron chi connectivity index (χ2n) is 2.53. The Hall–Kier alpha value is 0.400. The van der Waals surface area contributed by atoms with Gasteiger partial charge < -0.3 is 0 Å². The van der Waals surface area contributed by atoms with Crippen LogP contribution in [-0.4, -0.2) is 16.7 Å². The molecule has 0 aromatic carbocycles. The van der Waals surface area contributed by atoms with Gasteiger partial charge in [-0.25, -0.2) is 0 Å². The van der Waals surface area contributed by atoms with Gasteiger partial charge in [0.25, 0.3) is 0 Å². The van der Waals surface area contributed by atoms with E-state index in [1.54, 1.807) is 0 Å². The normalized spacial score (nSPS) is 18.7. The van der Waals surface area contributed by atoms with E-state index < -0.39 is 0 Å². The molecule has 0 rings (SSSR count). The molecule has 0 N–H and O–H groups in total. The average Bonchev–Trinajstić information content (AvgIpc) is 1.90. The van der Waals surface area contributed by atoms with Crippen LogP contribution in [0, 0.1) is 5.92 Å². The minimum absolute atomic E-state index is 0.635. The molecule has 0 fully saturated rings. The van der Waals surface area contributed by atoms with E-state index in [-0.39, 0.29) is 0 Å². The van der Waals surface area contributed by atoms with Gasteiger partial charge >= 0.3 is 0 Å². The first kappa shape index (κ1) is 10.4. The maximum Gasteiger partial charge on any atom is 0.0276 e. The lowest BCUT2D eigenvalue weighted by Crippen LogP contribution is -2.17. The summed E-state index contributed by atoms with van der Waals surface area (Å²) < 4.78 is 0.691. The third kappa shape index (κ3) is 2.99. The van der Waals surface area contributed by atoms with Gasteiger partial charge in [0.15, 0.2) is 0 Å². The monoisotopic (exact) mass is 253 g/mol. The van der Waals surface area contributed by atoms with Crippen molar-refractivity contribution in [2.75, 3.05) is 7.05 Å². The van der Waals surface area contributed by atoms with Crippen molar-refractivity contribution in [2.24, 2.45) is 10.9 Å². The third-order valence-electron chi connectivity index (χ3n) is 1.86. The van der Waals surface area contributed by atoms with Crippen LogP contribution in [0.2, 0.25) is 0 Å². The van der Waals surface area contributed by atoms with Crippen LogP contribution < -0.4 is 0 Å². The zero-order chi connectivity index (χ0) is 8.15. The predicted molar refractivity (Wildman–Crippen MR) is 56.3 cm³/mol. The molecule has 0 amide bonds. The number of hydrogen-bond donors (Lipinski definition) is 0. The van der Waals surface area contributed by atoms with Crippen molar-refractivity contribution in [3.05, 3.63) is 0 Å². The van der Waals surface area contributed by atoms with Gasteiger partial charge in [0.1, 0.15) is 0 Å². The Morgan fingerprint density at radius 3 is 2.10 bits per heavy atom. The van der Waals surface area contributed by atoms with Crippen molar-refractivity contribution in [3.63, 3.8) is 0 Å². The van der Waals surface area contributed by atoms with Gasteiger partial charge in [-0.15, -0.1) is 0 Å². The van der Waals surface area contributed by atoms with Crippen LogP contribution in [0.4, 0.5) is 0 Å². The van der Waals surface area contributed by atoms with Gasteiger partial charge in [0.05, 0.1) is 0 Å². The first-order valence-electron chi connectivity index (χ1n) is 3.73. The predicted octanol–water partition coefficient (Wildman–Crippen LogP) is 2.93. The van der Waals surface area contributed by atoms with Crippen LogP contribution in [-0.2, 0) is 0 Å². The quantitative estimate of drug-likeness (QED) is 0.416. The summed E-state index contributed by atoms with van der Waals surface area (Å²) in [6, 6.07) is 0. The number of hydrogen-bond acceptors (Lipinski definition) is 1. The second kappa shape index (κ2) is 5.10. The zero-order valence-corrected chi connectivity index (χ0v) is 9.34. The van der Waals surface area contributed by atoms with Gasteiger partial charge in [-0.3, -0.25) is 4.99 Å².